The van der Waals surface area contributed by atoms with Crippen molar-refractivity contribution < 1.29 is 4.92 Å². The lowest BCUT2D eigenvalue weighted by atomic mass is 10.2. The maximum absolute atomic E-state index is 10.8. The third-order valence-electron chi connectivity index (χ3n) is 3.17. The molecule has 6 heteroatoms. The molecule has 6 nitrogen and oxygen atoms in total. The first-order chi connectivity index (χ1) is 8.16. The first-order valence-corrected chi connectivity index (χ1v) is 5.57. The molecule has 1 unspecified atom stereocenters. The minimum atomic E-state index is -0.375. The van der Waals surface area contributed by atoms with Gasteiger partial charge in [-0.3, -0.25) is 10.1 Å². The zero-order chi connectivity index (χ0) is 12.0. The van der Waals surface area contributed by atoms with Crippen molar-refractivity contribution in [3.05, 3.63) is 28.3 Å². The number of nitrogens with one attached hydrogen (secondary N) is 1. The highest BCUT2D eigenvalue weighted by Crippen LogP contribution is 2.31. The molecule has 3 rings (SSSR count). The Labute approximate surface area is 97.4 Å². The van der Waals surface area contributed by atoms with Crippen LogP contribution in [0.1, 0.15) is 19.4 Å². The van der Waals surface area contributed by atoms with E-state index < -0.39 is 0 Å². The van der Waals surface area contributed by atoms with E-state index in [1.807, 2.05) is 4.57 Å². The van der Waals surface area contributed by atoms with E-state index >= 15 is 0 Å². The smallest absolute Gasteiger partial charge is 0.271 e. The highest BCUT2D eigenvalue weighted by Gasteiger charge is 2.21. The average Bonchev–Trinajstić information content (AvgIpc) is 2.67. The molecule has 2 aromatic rings. The Morgan fingerprint density at radius 3 is 3.18 bits per heavy atom. The molecule has 17 heavy (non-hydrogen) atoms. The van der Waals surface area contributed by atoms with Crippen LogP contribution in [0.5, 0.6) is 0 Å². The van der Waals surface area contributed by atoms with Gasteiger partial charge in [0.05, 0.1) is 16.0 Å². The quantitative estimate of drug-likeness (QED) is 0.605. The highest BCUT2D eigenvalue weighted by molar-refractivity contribution is 5.81. The molecule has 0 aliphatic carbocycles. The van der Waals surface area contributed by atoms with Crippen molar-refractivity contribution in [1.29, 1.82) is 0 Å². The number of anilines is 1. The first-order valence-electron chi connectivity index (χ1n) is 5.57. The van der Waals surface area contributed by atoms with E-state index in [2.05, 4.69) is 17.2 Å². The van der Waals surface area contributed by atoms with Gasteiger partial charge in [-0.05, 0) is 19.4 Å². The van der Waals surface area contributed by atoms with Crippen LogP contribution in [0.2, 0.25) is 0 Å². The Bertz CT molecular complexity index is 605. The van der Waals surface area contributed by atoms with Gasteiger partial charge in [0.25, 0.3) is 5.69 Å². The van der Waals surface area contributed by atoms with Gasteiger partial charge in [0.2, 0.25) is 5.95 Å². The van der Waals surface area contributed by atoms with Crippen molar-refractivity contribution in [1.82, 2.24) is 9.55 Å². The Balaban J connectivity index is 2.27. The summed E-state index contributed by atoms with van der Waals surface area (Å²) in [6.45, 7) is 3.00. The molecular weight excluding hydrogens is 220 g/mol. The fraction of sp³-hybridized carbons (Fsp3) is 0.364. The van der Waals surface area contributed by atoms with Gasteiger partial charge >= 0.3 is 0 Å². The molecule has 1 aliphatic heterocycles. The van der Waals surface area contributed by atoms with Crippen LogP contribution in [-0.2, 0) is 0 Å². The molecule has 0 spiro atoms. The predicted molar refractivity (Wildman–Crippen MR) is 64.2 cm³/mol. The monoisotopic (exact) mass is 232 g/mol. The molecule has 1 aromatic heterocycles. The minimum Gasteiger partial charge on any atom is -0.356 e. The lowest BCUT2D eigenvalue weighted by Crippen LogP contribution is -2.20. The maximum atomic E-state index is 10.8. The molecule has 1 N–H and O–H groups in total. The number of nitrogens with zero attached hydrogens (tertiary/aromatic N) is 3. The lowest BCUT2D eigenvalue weighted by Gasteiger charge is -2.23. The van der Waals surface area contributed by atoms with E-state index in [9.17, 15) is 10.1 Å². The van der Waals surface area contributed by atoms with Gasteiger partial charge in [-0.2, -0.15) is 0 Å². The molecule has 1 aromatic carbocycles. The van der Waals surface area contributed by atoms with Crippen molar-refractivity contribution in [2.45, 2.75) is 19.4 Å². The molecule has 2 heterocycles. The molecule has 88 valence electrons. The van der Waals surface area contributed by atoms with Gasteiger partial charge in [0.1, 0.15) is 0 Å². The van der Waals surface area contributed by atoms with Crippen molar-refractivity contribution >= 4 is 22.7 Å². The average molecular weight is 232 g/mol. The van der Waals surface area contributed by atoms with E-state index in [-0.39, 0.29) is 10.6 Å². The molecule has 0 saturated carbocycles. The lowest BCUT2D eigenvalue weighted by molar-refractivity contribution is -0.384. The van der Waals surface area contributed by atoms with Crippen LogP contribution in [0.15, 0.2) is 18.2 Å². The fourth-order valence-electron chi connectivity index (χ4n) is 2.29. The van der Waals surface area contributed by atoms with Gasteiger partial charge < -0.3 is 9.88 Å². The maximum Gasteiger partial charge on any atom is 0.271 e. The number of nitro benzene ring substituents is 1. The molecule has 1 aliphatic rings. The molecule has 0 radical (unpaired) electrons. The number of nitro groups is 1. The van der Waals surface area contributed by atoms with E-state index in [0.29, 0.717) is 6.04 Å². The Kier molecular flexibility index (Phi) is 2.04. The second-order valence-electron chi connectivity index (χ2n) is 4.30. The molecule has 0 bridgehead atoms. The summed E-state index contributed by atoms with van der Waals surface area (Å²) in [7, 11) is 0. The molecule has 0 saturated heterocycles. The van der Waals surface area contributed by atoms with Crippen LogP contribution in [0, 0.1) is 10.1 Å². The van der Waals surface area contributed by atoms with Crippen molar-refractivity contribution in [2.75, 3.05) is 11.9 Å². The van der Waals surface area contributed by atoms with Gasteiger partial charge in [-0.15, -0.1) is 0 Å². The third-order valence-corrected chi connectivity index (χ3v) is 3.17. The van der Waals surface area contributed by atoms with Gasteiger partial charge in [0.15, 0.2) is 0 Å². The zero-order valence-corrected chi connectivity index (χ0v) is 9.38. The van der Waals surface area contributed by atoms with E-state index in [1.165, 1.54) is 6.07 Å². The second kappa shape index (κ2) is 3.44. The van der Waals surface area contributed by atoms with Crippen LogP contribution in [0.4, 0.5) is 11.6 Å². The topological polar surface area (TPSA) is 73.0 Å². The van der Waals surface area contributed by atoms with Crippen molar-refractivity contribution in [2.24, 2.45) is 0 Å². The standard InChI is InChI=1S/C11H12N4O2/c1-7-4-5-12-11-13-9-3-2-8(15(16)17)6-10(9)14(7)11/h2-3,6-7H,4-5H2,1H3,(H,12,13). The summed E-state index contributed by atoms with van der Waals surface area (Å²) in [5, 5.41) is 14.0. The number of hydrogen-bond acceptors (Lipinski definition) is 4. The Morgan fingerprint density at radius 1 is 1.59 bits per heavy atom. The predicted octanol–water partition coefficient (Wildman–Crippen LogP) is 2.32. The molecule has 1 atom stereocenters. The van der Waals surface area contributed by atoms with Crippen LogP contribution in [0.25, 0.3) is 11.0 Å². The second-order valence-corrected chi connectivity index (χ2v) is 4.30. The number of non-ortho nitro benzene ring substituents is 1. The van der Waals surface area contributed by atoms with Crippen LogP contribution in [0.3, 0.4) is 0 Å². The fourth-order valence-corrected chi connectivity index (χ4v) is 2.29. The summed E-state index contributed by atoms with van der Waals surface area (Å²) in [5.41, 5.74) is 1.73. The van der Waals surface area contributed by atoms with Crippen molar-refractivity contribution in [3.63, 3.8) is 0 Å². The SMILES string of the molecule is CC1CCNc2nc3ccc([N+](=O)[O-])cc3n21. The summed E-state index contributed by atoms with van der Waals surface area (Å²) in [6.07, 6.45) is 1.00. The van der Waals surface area contributed by atoms with E-state index in [4.69, 9.17) is 0 Å². The molecule has 0 fully saturated rings. The zero-order valence-electron chi connectivity index (χ0n) is 9.38. The number of fused-ring (bicyclic) bond motifs is 3. The van der Waals surface area contributed by atoms with E-state index in [1.54, 1.807) is 12.1 Å². The summed E-state index contributed by atoms with van der Waals surface area (Å²) in [4.78, 5) is 14.8. The molecule has 0 amide bonds. The normalized spacial score (nSPS) is 18.8. The largest absolute Gasteiger partial charge is 0.356 e. The third kappa shape index (κ3) is 1.44. The Hall–Kier alpha value is -2.11. The number of rotatable bonds is 1. The number of aromatic nitrogens is 2. The van der Waals surface area contributed by atoms with Gasteiger partial charge in [-0.25, -0.2) is 4.98 Å². The van der Waals surface area contributed by atoms with Gasteiger partial charge in [0, 0.05) is 24.7 Å². The minimum absolute atomic E-state index is 0.109. The number of imidazole rings is 1. The summed E-state index contributed by atoms with van der Waals surface area (Å²) >= 11 is 0. The summed E-state index contributed by atoms with van der Waals surface area (Å²) in [5.74, 6) is 0.805. The number of benzene rings is 1. The molecular formula is C11H12N4O2. The summed E-state index contributed by atoms with van der Waals surface area (Å²) < 4.78 is 2.03. The van der Waals surface area contributed by atoms with Crippen molar-refractivity contribution in [3.8, 4) is 0 Å². The van der Waals surface area contributed by atoms with E-state index in [0.717, 1.165) is 29.9 Å². The van der Waals surface area contributed by atoms with Crippen LogP contribution < -0.4 is 5.32 Å². The number of hydrogen-bond donors (Lipinski definition) is 1. The first kappa shape index (κ1) is 10.1. The summed E-state index contributed by atoms with van der Waals surface area (Å²) in [6, 6.07) is 5.10. The highest BCUT2D eigenvalue weighted by atomic mass is 16.6. The Morgan fingerprint density at radius 2 is 2.41 bits per heavy atom. The van der Waals surface area contributed by atoms with Crippen LogP contribution in [-0.4, -0.2) is 21.0 Å². The van der Waals surface area contributed by atoms with Crippen LogP contribution >= 0.6 is 0 Å². The van der Waals surface area contributed by atoms with Gasteiger partial charge in [-0.1, -0.05) is 0 Å².